The summed E-state index contributed by atoms with van der Waals surface area (Å²) in [6.45, 7) is -0.558. The molecule has 2 aromatic carbocycles. The summed E-state index contributed by atoms with van der Waals surface area (Å²) in [4.78, 5) is 0. The van der Waals surface area contributed by atoms with Crippen LogP contribution in [0, 0.1) is 5.82 Å². The Balaban J connectivity index is 2.49. The zero-order valence-electron chi connectivity index (χ0n) is 11.2. The van der Waals surface area contributed by atoms with Crippen LogP contribution in [-0.4, -0.2) is 23.4 Å². The maximum atomic E-state index is 13.6. The van der Waals surface area contributed by atoms with Crippen molar-refractivity contribution in [1.29, 1.82) is 0 Å². The first-order valence-corrected chi connectivity index (χ1v) is 7.61. The van der Waals surface area contributed by atoms with Crippen molar-refractivity contribution >= 4 is 27.5 Å². The van der Waals surface area contributed by atoms with E-state index in [2.05, 4.69) is 15.9 Å². The van der Waals surface area contributed by atoms with Gasteiger partial charge in [-0.15, -0.1) is 0 Å². The minimum absolute atomic E-state index is 0.0239. The summed E-state index contributed by atoms with van der Waals surface area (Å²) in [5.41, 5.74) is 0.378. The fourth-order valence-corrected chi connectivity index (χ4v) is 3.27. The highest BCUT2D eigenvalue weighted by Crippen LogP contribution is 2.35. The molecule has 0 aliphatic heterocycles. The summed E-state index contributed by atoms with van der Waals surface area (Å²) >= 11 is 9.42. The molecule has 2 rings (SSSR count). The molecule has 0 saturated heterocycles. The van der Waals surface area contributed by atoms with E-state index in [1.54, 1.807) is 12.1 Å². The third-order valence-electron chi connectivity index (χ3n) is 3.61. The van der Waals surface area contributed by atoms with Crippen LogP contribution in [-0.2, 0) is 11.8 Å². The van der Waals surface area contributed by atoms with Gasteiger partial charge >= 0.3 is 0 Å². The van der Waals surface area contributed by atoms with Crippen LogP contribution in [0.5, 0.6) is 0 Å². The largest absolute Gasteiger partial charge is 0.395 e. The molecule has 0 saturated carbocycles. The summed E-state index contributed by atoms with van der Waals surface area (Å²) in [7, 11) is 0. The molecular formula is C16H15BrClFO2. The molecule has 0 amide bonds. The molecule has 112 valence electrons. The monoisotopic (exact) mass is 372 g/mol. The van der Waals surface area contributed by atoms with Crippen molar-refractivity contribution in [3.05, 3.63) is 68.9 Å². The standard InChI is InChI=1S/C16H15BrClFO2/c17-13-6-2-1-5-12(13)16(9-20,10-21)8-11-4-3-7-14(19)15(11)18/h1-7,20-21H,8-10H2. The lowest BCUT2D eigenvalue weighted by atomic mass is 9.77. The van der Waals surface area contributed by atoms with Crippen molar-refractivity contribution in [3.63, 3.8) is 0 Å². The third kappa shape index (κ3) is 3.29. The van der Waals surface area contributed by atoms with Gasteiger partial charge in [0.1, 0.15) is 5.82 Å². The molecular weight excluding hydrogens is 359 g/mol. The number of rotatable bonds is 5. The Labute approximate surface area is 136 Å². The molecule has 0 spiro atoms. The lowest BCUT2D eigenvalue weighted by Gasteiger charge is -2.32. The molecule has 0 aliphatic carbocycles. The van der Waals surface area contributed by atoms with E-state index in [0.717, 1.165) is 10.0 Å². The van der Waals surface area contributed by atoms with Gasteiger partial charge in [0.25, 0.3) is 0 Å². The van der Waals surface area contributed by atoms with Gasteiger partial charge in [0.05, 0.1) is 18.2 Å². The Morgan fingerprint density at radius 2 is 1.71 bits per heavy atom. The highest BCUT2D eigenvalue weighted by atomic mass is 79.9. The van der Waals surface area contributed by atoms with Crippen molar-refractivity contribution in [2.24, 2.45) is 0 Å². The minimum atomic E-state index is -0.933. The summed E-state index contributed by atoms with van der Waals surface area (Å²) in [6.07, 6.45) is 0.235. The van der Waals surface area contributed by atoms with Crippen LogP contribution in [0.4, 0.5) is 4.39 Å². The third-order valence-corrected chi connectivity index (χ3v) is 4.73. The van der Waals surface area contributed by atoms with Gasteiger partial charge in [0, 0.05) is 9.89 Å². The Bertz CT molecular complexity index is 629. The van der Waals surface area contributed by atoms with E-state index in [1.165, 1.54) is 6.07 Å². The quantitative estimate of drug-likeness (QED) is 0.839. The first-order valence-electron chi connectivity index (χ1n) is 6.43. The molecule has 0 unspecified atom stereocenters. The van der Waals surface area contributed by atoms with Gasteiger partial charge in [-0.25, -0.2) is 4.39 Å². The van der Waals surface area contributed by atoms with Gasteiger partial charge in [-0.1, -0.05) is 57.9 Å². The van der Waals surface area contributed by atoms with Gasteiger partial charge in [0.15, 0.2) is 0 Å². The summed E-state index contributed by atoms with van der Waals surface area (Å²) in [6, 6.07) is 11.9. The molecule has 0 bridgehead atoms. The molecule has 2 aromatic rings. The summed E-state index contributed by atoms with van der Waals surface area (Å²) in [5, 5.41) is 19.7. The van der Waals surface area contributed by atoms with E-state index in [9.17, 15) is 14.6 Å². The molecule has 21 heavy (non-hydrogen) atoms. The first-order chi connectivity index (χ1) is 10.0. The van der Waals surface area contributed by atoms with Crippen LogP contribution >= 0.6 is 27.5 Å². The van der Waals surface area contributed by atoms with Crippen molar-refractivity contribution < 1.29 is 14.6 Å². The van der Waals surface area contributed by atoms with Gasteiger partial charge < -0.3 is 10.2 Å². The predicted molar refractivity (Wildman–Crippen MR) is 85.1 cm³/mol. The molecule has 2 nitrogen and oxygen atoms in total. The van der Waals surface area contributed by atoms with Crippen molar-refractivity contribution in [3.8, 4) is 0 Å². The zero-order chi connectivity index (χ0) is 15.5. The smallest absolute Gasteiger partial charge is 0.142 e. The van der Waals surface area contributed by atoms with Crippen LogP contribution in [0.2, 0.25) is 5.02 Å². The van der Waals surface area contributed by atoms with E-state index in [1.807, 2.05) is 24.3 Å². The molecule has 5 heteroatoms. The van der Waals surface area contributed by atoms with E-state index in [4.69, 9.17) is 11.6 Å². The van der Waals surface area contributed by atoms with Crippen LogP contribution < -0.4 is 0 Å². The fourth-order valence-electron chi connectivity index (χ4n) is 2.37. The van der Waals surface area contributed by atoms with E-state index >= 15 is 0 Å². The van der Waals surface area contributed by atoms with Crippen LogP contribution in [0.25, 0.3) is 0 Å². The lowest BCUT2D eigenvalue weighted by Crippen LogP contribution is -2.37. The second kappa shape index (κ2) is 6.88. The van der Waals surface area contributed by atoms with E-state index in [-0.39, 0.29) is 24.7 Å². The fraction of sp³-hybridized carbons (Fsp3) is 0.250. The zero-order valence-corrected chi connectivity index (χ0v) is 13.5. The van der Waals surface area contributed by atoms with Crippen molar-refractivity contribution in [2.75, 3.05) is 13.2 Å². The summed E-state index contributed by atoms with van der Waals surface area (Å²) in [5.74, 6) is -0.508. The van der Waals surface area contributed by atoms with E-state index in [0.29, 0.717) is 5.56 Å². The number of hydrogen-bond acceptors (Lipinski definition) is 2. The van der Waals surface area contributed by atoms with Gasteiger partial charge in [0.2, 0.25) is 0 Å². The SMILES string of the molecule is OCC(CO)(Cc1cccc(F)c1Cl)c1ccccc1Br. The highest BCUT2D eigenvalue weighted by molar-refractivity contribution is 9.10. The maximum Gasteiger partial charge on any atom is 0.142 e. The molecule has 0 fully saturated rings. The lowest BCUT2D eigenvalue weighted by molar-refractivity contribution is 0.115. The highest BCUT2D eigenvalue weighted by Gasteiger charge is 2.34. The van der Waals surface area contributed by atoms with Gasteiger partial charge in [-0.05, 0) is 29.7 Å². The molecule has 0 heterocycles. The maximum absolute atomic E-state index is 13.6. The first kappa shape index (κ1) is 16.4. The molecule has 2 N–H and O–H groups in total. The number of aliphatic hydroxyl groups is 2. The molecule has 0 aliphatic rings. The molecule has 0 radical (unpaired) electrons. The molecule has 0 aromatic heterocycles. The number of hydrogen-bond donors (Lipinski definition) is 2. The van der Waals surface area contributed by atoms with Crippen molar-refractivity contribution in [2.45, 2.75) is 11.8 Å². The average Bonchev–Trinajstić information content (AvgIpc) is 2.50. The Kier molecular flexibility index (Phi) is 5.38. The Morgan fingerprint density at radius 1 is 1.05 bits per heavy atom. The number of halogens is 3. The topological polar surface area (TPSA) is 40.5 Å². The van der Waals surface area contributed by atoms with Crippen LogP contribution in [0.1, 0.15) is 11.1 Å². The minimum Gasteiger partial charge on any atom is -0.395 e. The Morgan fingerprint density at radius 3 is 2.33 bits per heavy atom. The summed E-state index contributed by atoms with van der Waals surface area (Å²) < 4.78 is 14.4. The molecule has 0 atom stereocenters. The number of aliphatic hydroxyl groups excluding tert-OH is 2. The van der Waals surface area contributed by atoms with Crippen molar-refractivity contribution in [1.82, 2.24) is 0 Å². The average molecular weight is 374 g/mol. The van der Waals surface area contributed by atoms with Crippen LogP contribution in [0.3, 0.4) is 0 Å². The van der Waals surface area contributed by atoms with Crippen LogP contribution in [0.15, 0.2) is 46.9 Å². The van der Waals surface area contributed by atoms with Gasteiger partial charge in [-0.3, -0.25) is 0 Å². The van der Waals surface area contributed by atoms with E-state index < -0.39 is 11.2 Å². The second-order valence-corrected chi connectivity index (χ2v) is 6.20. The normalized spacial score (nSPS) is 11.7. The second-order valence-electron chi connectivity index (χ2n) is 4.97. The predicted octanol–water partition coefficient (Wildman–Crippen LogP) is 3.71. The van der Waals surface area contributed by atoms with Gasteiger partial charge in [-0.2, -0.15) is 0 Å². The number of benzene rings is 2. The Hall–Kier alpha value is -0.940.